The zero-order valence-electron chi connectivity index (χ0n) is 8.08. The van der Waals surface area contributed by atoms with E-state index >= 15 is 0 Å². The Morgan fingerprint density at radius 2 is 2.00 bits per heavy atom. The third-order valence-corrected chi connectivity index (χ3v) is 1.66. The Kier molecular flexibility index (Phi) is 2.85. The number of rotatable bonds is 3. The molecule has 6 heteroatoms. The van der Waals surface area contributed by atoms with E-state index in [0.29, 0.717) is 0 Å². The molecule has 1 aromatic rings. The van der Waals surface area contributed by atoms with Crippen molar-refractivity contribution in [2.24, 2.45) is 0 Å². The number of ketones is 1. The Morgan fingerprint density at radius 1 is 1.36 bits per heavy atom. The Balaban J connectivity index is 3.47. The summed E-state index contributed by atoms with van der Waals surface area (Å²) in [6.45, 7) is 1.27. The average molecular weight is 198 g/mol. The molecule has 0 bridgehead atoms. The number of aromatic nitrogens is 2. The molecule has 0 atom stereocenters. The quantitative estimate of drug-likeness (QED) is 0.691. The standard InChI is InChI=1S/C8H10N2O4/c1-4(11)5-6(12)8(14-3)10-9-7(5)13-2/h1-3H3,(H,9,12). The van der Waals surface area contributed by atoms with Crippen molar-refractivity contribution in [1.29, 1.82) is 0 Å². The molecule has 0 aliphatic rings. The van der Waals surface area contributed by atoms with Crippen LogP contribution in [0.25, 0.3) is 0 Å². The average Bonchev–Trinajstić information content (AvgIpc) is 2.16. The number of carbonyl (C=O) groups excluding carboxylic acids is 1. The molecule has 0 amide bonds. The van der Waals surface area contributed by atoms with E-state index in [4.69, 9.17) is 4.74 Å². The van der Waals surface area contributed by atoms with Gasteiger partial charge < -0.3 is 9.47 Å². The molecule has 0 aliphatic heterocycles. The van der Waals surface area contributed by atoms with Crippen LogP contribution in [0.5, 0.6) is 11.8 Å². The molecule has 1 N–H and O–H groups in total. The highest BCUT2D eigenvalue weighted by Gasteiger charge is 2.17. The monoisotopic (exact) mass is 198 g/mol. The lowest BCUT2D eigenvalue weighted by Crippen LogP contribution is -2.19. The van der Waals surface area contributed by atoms with Crippen molar-refractivity contribution in [2.75, 3.05) is 14.2 Å². The van der Waals surface area contributed by atoms with Gasteiger partial charge in [-0.15, -0.1) is 5.10 Å². The molecule has 1 rings (SSSR count). The Morgan fingerprint density at radius 3 is 2.43 bits per heavy atom. The first-order chi connectivity index (χ1) is 6.61. The first kappa shape index (κ1) is 10.2. The predicted octanol–water partition coefficient (Wildman–Crippen LogP) is -0.0103. The van der Waals surface area contributed by atoms with Gasteiger partial charge in [0.1, 0.15) is 5.56 Å². The van der Waals surface area contributed by atoms with Crippen molar-refractivity contribution in [1.82, 2.24) is 10.2 Å². The number of nitrogens with zero attached hydrogens (tertiary/aromatic N) is 1. The van der Waals surface area contributed by atoms with Crippen molar-refractivity contribution >= 4 is 5.78 Å². The lowest BCUT2D eigenvalue weighted by atomic mass is 10.2. The number of ether oxygens (including phenoxy) is 2. The summed E-state index contributed by atoms with van der Waals surface area (Å²) < 4.78 is 9.47. The molecule has 76 valence electrons. The van der Waals surface area contributed by atoms with Crippen LogP contribution < -0.4 is 14.9 Å². The van der Waals surface area contributed by atoms with Gasteiger partial charge in [-0.05, 0) is 6.92 Å². The molecule has 1 aromatic heterocycles. The molecule has 0 spiro atoms. The number of H-pyrrole nitrogens is 1. The van der Waals surface area contributed by atoms with Crippen LogP contribution in [0.15, 0.2) is 4.79 Å². The molecule has 0 aliphatic carbocycles. The van der Waals surface area contributed by atoms with Crippen molar-refractivity contribution in [3.63, 3.8) is 0 Å². The summed E-state index contributed by atoms with van der Waals surface area (Å²) in [4.78, 5) is 22.6. The van der Waals surface area contributed by atoms with Gasteiger partial charge in [0.25, 0.3) is 11.3 Å². The zero-order valence-corrected chi connectivity index (χ0v) is 8.08. The largest absolute Gasteiger partial charge is 0.481 e. The van der Waals surface area contributed by atoms with Crippen LogP contribution in [0, 0.1) is 0 Å². The number of hydrogen-bond acceptors (Lipinski definition) is 5. The van der Waals surface area contributed by atoms with Crippen molar-refractivity contribution in [2.45, 2.75) is 6.92 Å². The summed E-state index contributed by atoms with van der Waals surface area (Å²) in [5.74, 6) is -0.511. The lowest BCUT2D eigenvalue weighted by Gasteiger charge is -2.05. The fourth-order valence-electron chi connectivity index (χ4n) is 1.02. The van der Waals surface area contributed by atoms with Gasteiger partial charge >= 0.3 is 0 Å². The number of carbonyl (C=O) groups is 1. The second kappa shape index (κ2) is 3.91. The summed E-state index contributed by atoms with van der Waals surface area (Å²) in [6.07, 6.45) is 0. The number of hydrogen-bond donors (Lipinski definition) is 1. The van der Waals surface area contributed by atoms with E-state index in [9.17, 15) is 9.59 Å². The van der Waals surface area contributed by atoms with E-state index in [2.05, 4.69) is 14.9 Å². The minimum absolute atomic E-state index is 0.0447. The molecule has 0 aromatic carbocycles. The summed E-state index contributed by atoms with van der Waals surface area (Å²) in [5.41, 5.74) is -0.657. The minimum Gasteiger partial charge on any atom is -0.481 e. The summed E-state index contributed by atoms with van der Waals surface area (Å²) in [6, 6.07) is 0. The van der Waals surface area contributed by atoms with E-state index in [1.54, 1.807) is 0 Å². The van der Waals surface area contributed by atoms with Gasteiger partial charge in [0.2, 0.25) is 5.88 Å². The van der Waals surface area contributed by atoms with Crippen molar-refractivity contribution < 1.29 is 14.3 Å². The fraction of sp³-hybridized carbons (Fsp3) is 0.375. The minimum atomic E-state index is -0.574. The zero-order chi connectivity index (χ0) is 10.7. The van der Waals surface area contributed by atoms with Gasteiger partial charge in [0, 0.05) is 0 Å². The maximum absolute atomic E-state index is 11.5. The first-order valence-corrected chi connectivity index (χ1v) is 3.83. The van der Waals surface area contributed by atoms with Gasteiger partial charge in [-0.2, -0.15) is 0 Å². The highest BCUT2D eigenvalue weighted by atomic mass is 16.5. The summed E-state index contributed by atoms with van der Waals surface area (Å²) in [5, 5.41) is 5.98. The summed E-state index contributed by atoms with van der Waals surface area (Å²) in [7, 11) is 2.64. The molecule has 0 saturated carbocycles. The molecule has 0 saturated heterocycles. The number of methoxy groups -OCH3 is 2. The molecular weight excluding hydrogens is 188 g/mol. The Hall–Kier alpha value is -1.85. The topological polar surface area (TPSA) is 81.3 Å². The number of Topliss-reactive ketones (excluding diaryl/α,β-unsaturated/α-hetero) is 1. The van der Waals surface area contributed by atoms with Crippen LogP contribution in [0.1, 0.15) is 17.3 Å². The normalized spacial score (nSPS) is 9.64. The van der Waals surface area contributed by atoms with Crippen LogP contribution in [-0.2, 0) is 0 Å². The van der Waals surface area contributed by atoms with Gasteiger partial charge in [-0.1, -0.05) is 0 Å². The van der Waals surface area contributed by atoms with Crippen LogP contribution in [-0.4, -0.2) is 30.2 Å². The SMILES string of the molecule is COc1[nH]nc(OC)c(=O)c1C(C)=O. The molecule has 1 heterocycles. The Bertz CT molecular complexity index is 410. The van der Waals surface area contributed by atoms with E-state index < -0.39 is 11.2 Å². The maximum atomic E-state index is 11.5. The van der Waals surface area contributed by atoms with Crippen LogP contribution in [0.3, 0.4) is 0 Å². The van der Waals surface area contributed by atoms with Crippen LogP contribution in [0.4, 0.5) is 0 Å². The third kappa shape index (κ3) is 1.59. The van der Waals surface area contributed by atoms with Crippen LogP contribution >= 0.6 is 0 Å². The Labute approximate surface area is 79.8 Å². The van der Waals surface area contributed by atoms with Crippen LogP contribution in [0.2, 0.25) is 0 Å². The maximum Gasteiger partial charge on any atom is 0.280 e. The van der Waals surface area contributed by atoms with E-state index in [0.717, 1.165) is 0 Å². The number of aromatic amines is 1. The lowest BCUT2D eigenvalue weighted by molar-refractivity contribution is 0.101. The molecular formula is C8H10N2O4. The summed E-state index contributed by atoms with van der Waals surface area (Å²) >= 11 is 0. The van der Waals surface area contributed by atoms with Gasteiger partial charge in [-0.25, -0.2) is 5.10 Å². The smallest absolute Gasteiger partial charge is 0.280 e. The first-order valence-electron chi connectivity index (χ1n) is 3.83. The van der Waals surface area contributed by atoms with Gasteiger partial charge in [-0.3, -0.25) is 9.59 Å². The van der Waals surface area contributed by atoms with Gasteiger partial charge in [0.05, 0.1) is 14.2 Å². The van der Waals surface area contributed by atoms with E-state index in [-0.39, 0.29) is 17.3 Å². The second-order valence-electron chi connectivity index (χ2n) is 2.53. The van der Waals surface area contributed by atoms with E-state index in [1.807, 2.05) is 0 Å². The number of nitrogens with one attached hydrogen (secondary N) is 1. The second-order valence-corrected chi connectivity index (χ2v) is 2.53. The highest BCUT2D eigenvalue weighted by molar-refractivity contribution is 5.96. The fourth-order valence-corrected chi connectivity index (χ4v) is 1.02. The molecule has 6 nitrogen and oxygen atoms in total. The molecule has 0 fully saturated rings. The van der Waals surface area contributed by atoms with Gasteiger partial charge in [0.15, 0.2) is 5.78 Å². The van der Waals surface area contributed by atoms with Crippen molar-refractivity contribution in [3.8, 4) is 11.8 Å². The molecule has 0 unspecified atom stereocenters. The predicted molar refractivity (Wildman–Crippen MR) is 48.0 cm³/mol. The van der Waals surface area contributed by atoms with E-state index in [1.165, 1.54) is 21.1 Å². The molecule has 0 radical (unpaired) electrons. The highest BCUT2D eigenvalue weighted by Crippen LogP contribution is 2.12. The third-order valence-electron chi connectivity index (χ3n) is 1.66. The van der Waals surface area contributed by atoms with Crippen molar-refractivity contribution in [3.05, 3.63) is 15.8 Å². The molecule has 14 heavy (non-hydrogen) atoms.